The number of nitrogens with zero attached hydrogens (tertiary/aromatic N) is 3. The fraction of sp³-hybridized carbons (Fsp3) is 0.176. The number of methoxy groups -OCH3 is 1. The molecule has 1 aromatic carbocycles. The first-order valence-corrected chi connectivity index (χ1v) is 8.95. The Kier molecular flexibility index (Phi) is 4.94. The Labute approximate surface area is 164 Å². The summed E-state index contributed by atoms with van der Waals surface area (Å²) >= 11 is 6.45. The Bertz CT molecular complexity index is 993. The first kappa shape index (κ1) is 18.9. The van der Waals surface area contributed by atoms with Crippen LogP contribution in [0.25, 0.3) is 6.08 Å². The summed E-state index contributed by atoms with van der Waals surface area (Å²) in [7, 11) is 1.29. The molecule has 1 N–H and O–H groups in total. The van der Waals surface area contributed by atoms with Crippen LogP contribution in [0.3, 0.4) is 0 Å². The van der Waals surface area contributed by atoms with Crippen molar-refractivity contribution in [2.45, 2.75) is 13.8 Å². The van der Waals surface area contributed by atoms with Crippen molar-refractivity contribution in [3.8, 4) is 11.5 Å². The highest BCUT2D eigenvalue weighted by Crippen LogP contribution is 2.39. The monoisotopic (exact) mass is 405 g/mol. The first-order valence-electron chi connectivity index (χ1n) is 7.73. The van der Waals surface area contributed by atoms with Crippen LogP contribution in [-0.4, -0.2) is 32.0 Å². The minimum absolute atomic E-state index is 0.0528. The molecule has 1 aromatic heterocycles. The van der Waals surface area contributed by atoms with Gasteiger partial charge in [0, 0.05) is 17.5 Å². The van der Waals surface area contributed by atoms with Gasteiger partial charge in [-0.25, -0.2) is 0 Å². The second-order valence-electron chi connectivity index (χ2n) is 5.77. The molecule has 0 aliphatic carbocycles. The van der Waals surface area contributed by atoms with Gasteiger partial charge >= 0.3 is 5.69 Å². The second-order valence-corrected chi connectivity index (χ2v) is 7.45. The molecule has 8 nitrogen and oxygen atoms in total. The number of aromatic hydroxyl groups is 1. The van der Waals surface area contributed by atoms with Gasteiger partial charge in [-0.2, -0.15) is 5.01 Å². The molecular weight excluding hydrogens is 390 g/mol. The fourth-order valence-corrected chi connectivity index (χ4v) is 3.99. The van der Waals surface area contributed by atoms with Crippen molar-refractivity contribution in [1.82, 2.24) is 4.68 Å². The first-order chi connectivity index (χ1) is 12.7. The maximum Gasteiger partial charge on any atom is 0.315 e. The van der Waals surface area contributed by atoms with Crippen LogP contribution in [0.4, 0.5) is 5.69 Å². The lowest BCUT2D eigenvalue weighted by Crippen LogP contribution is -2.39. The van der Waals surface area contributed by atoms with Gasteiger partial charge in [-0.3, -0.25) is 19.6 Å². The minimum Gasteiger partial charge on any atom is -0.500 e. The standard InChI is InChI=1S/C17H15N3O5S2/c1-9-4-5-10(2)18(9)19-16(22)14(27-17(19)26)8-11-6-12(20(23)24)15(21)13(7-11)25-3/h4-8,21H,1-3H3/b14-8+. The Balaban J connectivity index is 2.04. The van der Waals surface area contributed by atoms with Crippen LogP contribution in [0.1, 0.15) is 17.0 Å². The number of thiocarbonyl (C=S) groups is 1. The van der Waals surface area contributed by atoms with Crippen LogP contribution in [0.2, 0.25) is 0 Å². The summed E-state index contributed by atoms with van der Waals surface area (Å²) in [4.78, 5) is 23.6. The van der Waals surface area contributed by atoms with Crippen molar-refractivity contribution < 1.29 is 19.6 Å². The molecule has 140 valence electrons. The van der Waals surface area contributed by atoms with Gasteiger partial charge in [-0.05, 0) is 55.9 Å². The number of thioether (sulfide) groups is 1. The number of ether oxygens (including phenoxy) is 1. The Morgan fingerprint density at radius 3 is 2.48 bits per heavy atom. The molecule has 0 atom stereocenters. The van der Waals surface area contributed by atoms with Crippen molar-refractivity contribution in [3.63, 3.8) is 0 Å². The lowest BCUT2D eigenvalue weighted by atomic mass is 10.1. The molecule has 1 saturated heterocycles. The molecule has 2 aromatic rings. The summed E-state index contributed by atoms with van der Waals surface area (Å²) in [5.74, 6) is -0.948. The van der Waals surface area contributed by atoms with Crippen molar-refractivity contribution in [3.05, 3.63) is 56.2 Å². The largest absolute Gasteiger partial charge is 0.500 e. The van der Waals surface area contributed by atoms with E-state index in [1.54, 1.807) is 4.68 Å². The van der Waals surface area contributed by atoms with E-state index in [0.717, 1.165) is 23.1 Å². The van der Waals surface area contributed by atoms with Crippen LogP contribution < -0.4 is 9.75 Å². The SMILES string of the molecule is COc1cc(/C=C2/SC(=S)N(n3c(C)ccc3C)C2=O)cc([N+](=O)[O-])c1O. The van der Waals surface area contributed by atoms with Gasteiger partial charge in [0.1, 0.15) is 0 Å². The number of phenolic OH excluding ortho intramolecular Hbond substituents is 1. The van der Waals surface area contributed by atoms with Crippen LogP contribution >= 0.6 is 24.0 Å². The van der Waals surface area contributed by atoms with Crippen molar-refractivity contribution in [2.24, 2.45) is 0 Å². The predicted molar refractivity (Wildman–Crippen MR) is 107 cm³/mol. The van der Waals surface area contributed by atoms with E-state index in [1.165, 1.54) is 30.3 Å². The summed E-state index contributed by atoms with van der Waals surface area (Å²) < 4.78 is 7.06. The normalized spacial score (nSPS) is 15.7. The van der Waals surface area contributed by atoms with E-state index in [1.807, 2.05) is 26.0 Å². The molecule has 0 spiro atoms. The maximum absolute atomic E-state index is 12.9. The highest BCUT2D eigenvalue weighted by atomic mass is 32.2. The van der Waals surface area contributed by atoms with Crippen molar-refractivity contribution in [2.75, 3.05) is 12.1 Å². The highest BCUT2D eigenvalue weighted by molar-refractivity contribution is 8.27. The molecule has 0 bridgehead atoms. The minimum atomic E-state index is -0.715. The average Bonchev–Trinajstić information content (AvgIpc) is 3.07. The van der Waals surface area contributed by atoms with E-state index < -0.39 is 16.4 Å². The predicted octanol–water partition coefficient (Wildman–Crippen LogP) is 3.26. The number of phenols is 1. The highest BCUT2D eigenvalue weighted by Gasteiger charge is 2.35. The maximum atomic E-state index is 12.9. The molecule has 2 heterocycles. The zero-order valence-corrected chi connectivity index (χ0v) is 16.3. The Hall–Kier alpha value is -2.85. The van der Waals surface area contributed by atoms with Gasteiger partial charge in [0.25, 0.3) is 5.91 Å². The number of benzene rings is 1. The summed E-state index contributed by atoms with van der Waals surface area (Å²) in [6.45, 7) is 3.73. The van der Waals surface area contributed by atoms with Gasteiger partial charge in [-0.15, -0.1) is 0 Å². The van der Waals surface area contributed by atoms with E-state index in [-0.39, 0.29) is 11.7 Å². The number of carbonyl (C=O) groups is 1. The summed E-state index contributed by atoms with van der Waals surface area (Å²) in [6, 6.07) is 6.36. The zero-order chi connectivity index (χ0) is 19.9. The third-order valence-corrected chi connectivity index (χ3v) is 5.28. The van der Waals surface area contributed by atoms with Gasteiger partial charge in [-0.1, -0.05) is 11.8 Å². The van der Waals surface area contributed by atoms with Crippen LogP contribution in [-0.2, 0) is 4.79 Å². The average molecular weight is 405 g/mol. The van der Waals surface area contributed by atoms with Gasteiger partial charge in [0.05, 0.1) is 16.9 Å². The summed E-state index contributed by atoms with van der Waals surface area (Å²) in [5, 5.41) is 22.4. The summed E-state index contributed by atoms with van der Waals surface area (Å²) in [5.41, 5.74) is 1.55. The number of aryl methyl sites for hydroxylation is 2. The third kappa shape index (κ3) is 3.28. The van der Waals surface area contributed by atoms with E-state index in [2.05, 4.69) is 0 Å². The lowest BCUT2D eigenvalue weighted by molar-refractivity contribution is -0.386. The number of nitro benzene ring substituents is 1. The van der Waals surface area contributed by atoms with Gasteiger partial charge in [0.2, 0.25) is 5.75 Å². The molecular formula is C17H15N3O5S2. The van der Waals surface area contributed by atoms with E-state index in [9.17, 15) is 20.0 Å². The smallest absolute Gasteiger partial charge is 0.315 e. The molecule has 27 heavy (non-hydrogen) atoms. The van der Waals surface area contributed by atoms with E-state index in [0.29, 0.717) is 14.8 Å². The number of aromatic nitrogens is 1. The molecule has 1 aliphatic heterocycles. The van der Waals surface area contributed by atoms with Crippen LogP contribution in [0, 0.1) is 24.0 Å². The van der Waals surface area contributed by atoms with Crippen LogP contribution in [0.5, 0.6) is 11.5 Å². The number of amides is 1. The molecule has 1 fully saturated rings. The quantitative estimate of drug-likeness (QED) is 0.361. The van der Waals surface area contributed by atoms with Crippen molar-refractivity contribution >= 4 is 46.0 Å². The molecule has 3 rings (SSSR count). The van der Waals surface area contributed by atoms with E-state index in [4.69, 9.17) is 17.0 Å². The Morgan fingerprint density at radius 2 is 1.93 bits per heavy atom. The number of hydrogen-bond acceptors (Lipinski definition) is 7. The molecule has 0 saturated carbocycles. The molecule has 1 amide bonds. The molecule has 1 aliphatic rings. The number of hydrogen-bond donors (Lipinski definition) is 1. The molecule has 0 unspecified atom stereocenters. The van der Waals surface area contributed by atoms with Crippen LogP contribution in [0.15, 0.2) is 29.2 Å². The van der Waals surface area contributed by atoms with E-state index >= 15 is 0 Å². The number of nitro groups is 1. The van der Waals surface area contributed by atoms with Gasteiger partial charge in [0.15, 0.2) is 10.1 Å². The third-order valence-electron chi connectivity index (χ3n) is 4.00. The van der Waals surface area contributed by atoms with Gasteiger partial charge < -0.3 is 9.84 Å². The number of rotatable bonds is 4. The lowest BCUT2D eigenvalue weighted by Gasteiger charge is -2.20. The summed E-state index contributed by atoms with van der Waals surface area (Å²) in [6.07, 6.45) is 1.49. The molecule has 0 radical (unpaired) electrons. The topological polar surface area (TPSA) is 97.8 Å². The number of carbonyl (C=O) groups excluding carboxylic acids is 1. The zero-order valence-electron chi connectivity index (χ0n) is 14.6. The Morgan fingerprint density at radius 1 is 1.30 bits per heavy atom. The molecule has 10 heteroatoms. The second kappa shape index (κ2) is 7.05. The van der Waals surface area contributed by atoms with Crippen molar-refractivity contribution in [1.29, 1.82) is 0 Å². The fourth-order valence-electron chi connectivity index (χ4n) is 2.75.